The number of carbonyl (C=O) groups excluding carboxylic acids is 1. The first-order valence-electron chi connectivity index (χ1n) is 4.66. The molecule has 0 aliphatic carbocycles. The first-order valence-corrected chi connectivity index (χ1v) is 4.66. The van der Waals surface area contributed by atoms with Crippen molar-refractivity contribution in [3.63, 3.8) is 0 Å². The van der Waals surface area contributed by atoms with Crippen molar-refractivity contribution in [2.24, 2.45) is 5.73 Å². The third kappa shape index (κ3) is 5.19. The zero-order valence-corrected chi connectivity index (χ0v) is 8.91. The first-order chi connectivity index (χ1) is 6.68. The van der Waals surface area contributed by atoms with Gasteiger partial charge in [-0.1, -0.05) is 26.0 Å². The monoisotopic (exact) mass is 195 g/mol. The molecule has 0 saturated carbocycles. The minimum absolute atomic E-state index is 0.0660. The molecule has 0 unspecified atom stereocenters. The van der Waals surface area contributed by atoms with Gasteiger partial charge < -0.3 is 10.5 Å². The van der Waals surface area contributed by atoms with Gasteiger partial charge in [0, 0.05) is 0 Å². The quantitative estimate of drug-likeness (QED) is 0.800. The van der Waals surface area contributed by atoms with Crippen molar-refractivity contribution in [1.29, 1.82) is 0 Å². The molecule has 1 rings (SSSR count). The van der Waals surface area contributed by atoms with E-state index in [2.05, 4.69) is 0 Å². The zero-order valence-electron chi connectivity index (χ0n) is 8.91. The number of amides is 1. The number of nitrogens with two attached hydrogens (primary N) is 1. The van der Waals surface area contributed by atoms with E-state index in [0.29, 0.717) is 5.75 Å². The fraction of sp³-hybridized carbons (Fsp3) is 0.364. The van der Waals surface area contributed by atoms with Crippen LogP contribution in [0.3, 0.4) is 0 Å². The molecule has 3 nitrogen and oxygen atoms in total. The summed E-state index contributed by atoms with van der Waals surface area (Å²) in [5.74, 6) is 0.213. The largest absolute Gasteiger partial charge is 0.484 e. The fourth-order valence-electron chi connectivity index (χ4n) is 0.860. The molecule has 2 N–H and O–H groups in total. The molecule has 1 amide bonds. The van der Waals surface area contributed by atoms with E-state index in [4.69, 9.17) is 10.5 Å². The smallest absolute Gasteiger partial charge is 0.255 e. The van der Waals surface area contributed by atoms with Gasteiger partial charge in [-0.2, -0.15) is 0 Å². The van der Waals surface area contributed by atoms with Gasteiger partial charge in [-0.15, -0.1) is 0 Å². The highest BCUT2D eigenvalue weighted by Crippen LogP contribution is 2.11. The molecule has 3 heteroatoms. The molecule has 0 saturated heterocycles. The Bertz CT molecular complexity index is 284. The first kappa shape index (κ1) is 12.5. The van der Waals surface area contributed by atoms with E-state index in [1.54, 1.807) is 6.07 Å². The van der Waals surface area contributed by atoms with Gasteiger partial charge in [0.25, 0.3) is 5.91 Å². The van der Waals surface area contributed by atoms with Crippen molar-refractivity contribution in [3.05, 3.63) is 29.8 Å². The minimum Gasteiger partial charge on any atom is -0.484 e. The van der Waals surface area contributed by atoms with E-state index in [9.17, 15) is 4.79 Å². The molecule has 0 fully saturated rings. The molecule has 0 aliphatic heterocycles. The maximum Gasteiger partial charge on any atom is 0.255 e. The summed E-state index contributed by atoms with van der Waals surface area (Å²) in [6, 6.07) is 7.46. The molecular formula is C11H17NO2. The molecule has 0 radical (unpaired) electrons. The predicted octanol–water partition coefficient (Wildman–Crippen LogP) is 1.89. The van der Waals surface area contributed by atoms with E-state index in [1.165, 1.54) is 0 Å². The Kier molecular flexibility index (Phi) is 6.20. The van der Waals surface area contributed by atoms with Crippen molar-refractivity contribution in [3.8, 4) is 5.75 Å². The lowest BCUT2D eigenvalue weighted by Crippen LogP contribution is -2.19. The number of carbonyl (C=O) groups is 1. The number of benzene rings is 1. The van der Waals surface area contributed by atoms with Crippen LogP contribution in [0.15, 0.2) is 24.3 Å². The van der Waals surface area contributed by atoms with Crippen LogP contribution in [0.5, 0.6) is 5.75 Å². The van der Waals surface area contributed by atoms with Gasteiger partial charge in [-0.05, 0) is 24.6 Å². The fourth-order valence-corrected chi connectivity index (χ4v) is 0.860. The van der Waals surface area contributed by atoms with Crippen LogP contribution in [0.2, 0.25) is 0 Å². The molecule has 0 aliphatic rings. The summed E-state index contributed by atoms with van der Waals surface area (Å²) in [5, 5.41) is 0. The number of hydrogen-bond acceptors (Lipinski definition) is 2. The number of rotatable bonds is 3. The maximum absolute atomic E-state index is 10.4. The molecule has 0 heterocycles. The third-order valence-electron chi connectivity index (χ3n) is 1.37. The molecule has 0 spiro atoms. The lowest BCUT2D eigenvalue weighted by molar-refractivity contribution is -0.119. The zero-order chi connectivity index (χ0) is 11.0. The van der Waals surface area contributed by atoms with Crippen LogP contribution < -0.4 is 10.5 Å². The Morgan fingerprint density at radius 3 is 2.57 bits per heavy atom. The van der Waals surface area contributed by atoms with E-state index < -0.39 is 5.91 Å². The van der Waals surface area contributed by atoms with E-state index in [-0.39, 0.29) is 6.61 Å². The van der Waals surface area contributed by atoms with Crippen LogP contribution in [0.1, 0.15) is 19.4 Å². The highest BCUT2D eigenvalue weighted by molar-refractivity contribution is 5.75. The van der Waals surface area contributed by atoms with E-state index in [0.717, 1.165) is 5.56 Å². The summed E-state index contributed by atoms with van der Waals surface area (Å²) in [7, 11) is 0. The van der Waals surface area contributed by atoms with E-state index in [1.807, 2.05) is 39.0 Å². The second-order valence-corrected chi connectivity index (χ2v) is 2.57. The van der Waals surface area contributed by atoms with Gasteiger partial charge in [0.15, 0.2) is 6.61 Å². The van der Waals surface area contributed by atoms with Crippen molar-refractivity contribution in [1.82, 2.24) is 0 Å². The molecule has 0 aromatic heterocycles. The lowest BCUT2D eigenvalue weighted by atomic mass is 10.2. The van der Waals surface area contributed by atoms with Crippen LogP contribution >= 0.6 is 0 Å². The summed E-state index contributed by atoms with van der Waals surface area (Å²) in [5.41, 5.74) is 6.01. The lowest BCUT2D eigenvalue weighted by Gasteiger charge is -2.03. The Morgan fingerprint density at radius 2 is 2.07 bits per heavy atom. The van der Waals surface area contributed by atoms with Gasteiger partial charge in [-0.3, -0.25) is 4.79 Å². The molecule has 78 valence electrons. The maximum atomic E-state index is 10.4. The number of primary amides is 1. The Hall–Kier alpha value is -1.51. The number of aryl methyl sites for hydroxylation is 1. The normalized spacial score (nSPS) is 8.50. The Morgan fingerprint density at radius 1 is 1.43 bits per heavy atom. The average molecular weight is 195 g/mol. The SMILES string of the molecule is CC.Cc1cccc(OCC(N)=O)c1. The summed E-state index contributed by atoms with van der Waals surface area (Å²) in [4.78, 5) is 10.4. The molecular weight excluding hydrogens is 178 g/mol. The highest BCUT2D eigenvalue weighted by Gasteiger charge is 1.96. The van der Waals surface area contributed by atoms with Gasteiger partial charge in [-0.25, -0.2) is 0 Å². The van der Waals surface area contributed by atoms with Crippen molar-refractivity contribution in [2.45, 2.75) is 20.8 Å². The predicted molar refractivity (Wildman–Crippen MR) is 57.2 cm³/mol. The molecule has 14 heavy (non-hydrogen) atoms. The third-order valence-corrected chi connectivity index (χ3v) is 1.37. The van der Waals surface area contributed by atoms with Crippen LogP contribution in [-0.4, -0.2) is 12.5 Å². The summed E-state index contributed by atoms with van der Waals surface area (Å²) in [6.07, 6.45) is 0. The van der Waals surface area contributed by atoms with Gasteiger partial charge in [0.05, 0.1) is 0 Å². The van der Waals surface area contributed by atoms with Crippen LogP contribution in [-0.2, 0) is 4.79 Å². The highest BCUT2D eigenvalue weighted by atomic mass is 16.5. The Balaban J connectivity index is 0.000000791. The summed E-state index contributed by atoms with van der Waals surface area (Å²) >= 11 is 0. The molecule has 1 aromatic rings. The van der Waals surface area contributed by atoms with Gasteiger partial charge in [0.1, 0.15) is 5.75 Å². The Labute approximate surface area is 84.9 Å². The van der Waals surface area contributed by atoms with E-state index >= 15 is 0 Å². The van der Waals surface area contributed by atoms with Crippen LogP contribution in [0.4, 0.5) is 0 Å². The average Bonchev–Trinajstić information content (AvgIpc) is 2.18. The standard InChI is InChI=1S/C9H11NO2.C2H6/c1-7-3-2-4-8(5-7)12-6-9(10)11;1-2/h2-5H,6H2,1H3,(H2,10,11);1-2H3. The molecule has 1 aromatic carbocycles. The second kappa shape index (κ2) is 6.95. The van der Waals surface area contributed by atoms with Crippen molar-refractivity contribution >= 4 is 5.91 Å². The topological polar surface area (TPSA) is 52.3 Å². The van der Waals surface area contributed by atoms with Crippen molar-refractivity contribution in [2.75, 3.05) is 6.61 Å². The number of hydrogen-bond donors (Lipinski definition) is 1. The second-order valence-electron chi connectivity index (χ2n) is 2.57. The van der Waals surface area contributed by atoms with Crippen molar-refractivity contribution < 1.29 is 9.53 Å². The molecule has 0 bridgehead atoms. The van der Waals surface area contributed by atoms with Gasteiger partial charge in [0.2, 0.25) is 0 Å². The summed E-state index contributed by atoms with van der Waals surface area (Å²) < 4.78 is 5.07. The molecule has 0 atom stereocenters. The summed E-state index contributed by atoms with van der Waals surface area (Å²) in [6.45, 7) is 5.89. The van der Waals surface area contributed by atoms with Gasteiger partial charge >= 0.3 is 0 Å². The number of ether oxygens (including phenoxy) is 1. The van der Waals surface area contributed by atoms with Crippen LogP contribution in [0.25, 0.3) is 0 Å². The minimum atomic E-state index is -0.462. The van der Waals surface area contributed by atoms with Crippen LogP contribution in [0, 0.1) is 6.92 Å².